The summed E-state index contributed by atoms with van der Waals surface area (Å²) in [4.78, 5) is 11.3. The van der Waals surface area contributed by atoms with Crippen LogP contribution >= 0.6 is 0 Å². The highest BCUT2D eigenvalue weighted by atomic mass is 16.5. The first-order valence-corrected chi connectivity index (χ1v) is 6.88. The Labute approximate surface area is 104 Å². The van der Waals surface area contributed by atoms with Crippen LogP contribution in [0.15, 0.2) is 0 Å². The second-order valence-corrected chi connectivity index (χ2v) is 5.03. The lowest BCUT2D eigenvalue weighted by molar-refractivity contribution is -0.882. The number of likely N-dealkylation sites (tertiary alicyclic amines) is 1. The number of hydrogen-bond donors (Lipinski definition) is 1. The Hall–Kier alpha value is -0.610. The number of quaternary nitrogens is 1. The molecule has 1 amide bonds. The highest BCUT2D eigenvalue weighted by Crippen LogP contribution is 2.19. The van der Waals surface area contributed by atoms with Gasteiger partial charge in [-0.15, -0.1) is 0 Å². The number of hydrogen-bond acceptors (Lipinski definition) is 2. The molecule has 1 saturated heterocycles. The van der Waals surface area contributed by atoms with Crippen LogP contribution in [0.3, 0.4) is 0 Å². The Morgan fingerprint density at radius 2 is 1.88 bits per heavy atom. The van der Waals surface area contributed by atoms with Crippen molar-refractivity contribution in [2.24, 2.45) is 0 Å². The van der Waals surface area contributed by atoms with Crippen LogP contribution in [0.5, 0.6) is 0 Å². The van der Waals surface area contributed by atoms with Crippen LogP contribution < -0.4 is 0 Å². The molecule has 1 heterocycles. The third-order valence-corrected chi connectivity index (χ3v) is 3.56. The topological polar surface area (TPSA) is 46.5 Å². The summed E-state index contributed by atoms with van der Waals surface area (Å²) in [6.45, 7) is 4.68. The van der Waals surface area contributed by atoms with Gasteiger partial charge < -0.3 is 9.84 Å². The van der Waals surface area contributed by atoms with Gasteiger partial charge >= 0.3 is 6.09 Å². The maximum absolute atomic E-state index is 11.3. The molecule has 0 unspecified atom stereocenters. The maximum Gasteiger partial charge on any atom is 0.515 e. The molecule has 0 saturated carbocycles. The fourth-order valence-electron chi connectivity index (χ4n) is 2.36. The first-order chi connectivity index (χ1) is 8.21. The predicted octanol–water partition coefficient (Wildman–Crippen LogP) is 3.22. The molecule has 1 rings (SSSR count). The quantitative estimate of drug-likeness (QED) is 0.552. The molecule has 1 aliphatic heterocycles. The van der Waals surface area contributed by atoms with E-state index < -0.39 is 6.09 Å². The molecule has 0 bridgehead atoms. The molecular weight excluding hydrogens is 218 g/mol. The van der Waals surface area contributed by atoms with Gasteiger partial charge in [-0.3, -0.25) is 0 Å². The molecule has 4 heteroatoms. The highest BCUT2D eigenvalue weighted by molar-refractivity contribution is 5.56. The van der Waals surface area contributed by atoms with Gasteiger partial charge in [0.25, 0.3) is 0 Å². The van der Waals surface area contributed by atoms with E-state index in [1.807, 2.05) is 0 Å². The number of carbonyl (C=O) groups is 1. The van der Waals surface area contributed by atoms with Gasteiger partial charge in [0.2, 0.25) is 0 Å². The van der Waals surface area contributed by atoms with Crippen molar-refractivity contribution in [1.82, 2.24) is 0 Å². The number of nitrogens with zero attached hydrogens (tertiary/aromatic N) is 1. The molecule has 17 heavy (non-hydrogen) atoms. The van der Waals surface area contributed by atoms with Gasteiger partial charge in [-0.05, 0) is 25.7 Å². The SMILES string of the molecule is CCCCCCOC[N+]1(C(=O)O)CCCCC1. The Bertz CT molecular complexity index is 225. The minimum absolute atomic E-state index is 0.119. The minimum atomic E-state index is -0.724. The van der Waals surface area contributed by atoms with Crippen LogP contribution in [0, 0.1) is 0 Å². The maximum atomic E-state index is 11.3. The van der Waals surface area contributed by atoms with Crippen LogP contribution in [0.25, 0.3) is 0 Å². The molecule has 1 N–H and O–H groups in total. The first-order valence-electron chi connectivity index (χ1n) is 6.88. The van der Waals surface area contributed by atoms with E-state index in [1.165, 1.54) is 19.3 Å². The Balaban J connectivity index is 2.23. The molecule has 1 fully saturated rings. The monoisotopic (exact) mass is 244 g/mol. The van der Waals surface area contributed by atoms with Crippen molar-refractivity contribution in [2.75, 3.05) is 26.4 Å². The van der Waals surface area contributed by atoms with Gasteiger partial charge in [0.1, 0.15) is 0 Å². The van der Waals surface area contributed by atoms with E-state index in [0.717, 1.165) is 38.8 Å². The fraction of sp³-hybridized carbons (Fsp3) is 0.923. The molecule has 0 aromatic carbocycles. The number of piperidine rings is 1. The number of unbranched alkanes of at least 4 members (excludes halogenated alkanes) is 3. The molecule has 0 radical (unpaired) electrons. The van der Waals surface area contributed by atoms with E-state index >= 15 is 0 Å². The van der Waals surface area contributed by atoms with Crippen molar-refractivity contribution in [3.05, 3.63) is 0 Å². The third kappa shape index (κ3) is 4.64. The highest BCUT2D eigenvalue weighted by Gasteiger charge is 2.38. The summed E-state index contributed by atoms with van der Waals surface area (Å²) in [6, 6.07) is 0. The summed E-state index contributed by atoms with van der Waals surface area (Å²) in [7, 11) is 0. The van der Waals surface area contributed by atoms with Crippen molar-refractivity contribution in [2.45, 2.75) is 51.9 Å². The van der Waals surface area contributed by atoms with Gasteiger partial charge in [-0.1, -0.05) is 26.2 Å². The third-order valence-electron chi connectivity index (χ3n) is 3.56. The van der Waals surface area contributed by atoms with Crippen molar-refractivity contribution < 1.29 is 19.1 Å². The molecule has 100 valence electrons. The molecular formula is C13H26NO3+. The van der Waals surface area contributed by atoms with Crippen LogP contribution in [0.2, 0.25) is 0 Å². The lowest BCUT2D eigenvalue weighted by Crippen LogP contribution is -2.56. The number of carboxylic acid groups (broad SMARTS) is 1. The van der Waals surface area contributed by atoms with Crippen molar-refractivity contribution >= 4 is 6.09 Å². The number of rotatable bonds is 7. The molecule has 1 aliphatic rings. The summed E-state index contributed by atoms with van der Waals surface area (Å²) >= 11 is 0. The summed E-state index contributed by atoms with van der Waals surface area (Å²) in [5, 5.41) is 9.32. The van der Waals surface area contributed by atoms with Crippen LogP contribution in [0.1, 0.15) is 51.9 Å². The largest absolute Gasteiger partial charge is 0.515 e. The van der Waals surface area contributed by atoms with E-state index in [9.17, 15) is 9.90 Å². The van der Waals surface area contributed by atoms with E-state index in [1.54, 1.807) is 0 Å². The zero-order valence-electron chi connectivity index (χ0n) is 11.0. The standard InChI is InChI=1S/C13H25NO3/c1-2-3-4-8-11-17-12-14(13(15)16)9-6-5-7-10-14/h2-12H2,1H3/p+1. The van der Waals surface area contributed by atoms with E-state index in [4.69, 9.17) is 4.74 Å². The fourth-order valence-corrected chi connectivity index (χ4v) is 2.36. The summed E-state index contributed by atoms with van der Waals surface area (Å²) in [5.41, 5.74) is 0. The predicted molar refractivity (Wildman–Crippen MR) is 66.8 cm³/mol. The van der Waals surface area contributed by atoms with Gasteiger partial charge in [-0.25, -0.2) is 4.48 Å². The van der Waals surface area contributed by atoms with Crippen LogP contribution in [-0.2, 0) is 4.74 Å². The van der Waals surface area contributed by atoms with E-state index in [-0.39, 0.29) is 4.48 Å². The molecule has 0 atom stereocenters. The molecule has 0 spiro atoms. The average molecular weight is 244 g/mol. The van der Waals surface area contributed by atoms with Gasteiger partial charge in [-0.2, -0.15) is 4.79 Å². The van der Waals surface area contributed by atoms with E-state index in [0.29, 0.717) is 13.3 Å². The summed E-state index contributed by atoms with van der Waals surface area (Å²) < 4.78 is 5.69. The van der Waals surface area contributed by atoms with Gasteiger partial charge in [0.15, 0.2) is 6.73 Å². The lowest BCUT2D eigenvalue weighted by atomic mass is 10.1. The van der Waals surface area contributed by atoms with Crippen LogP contribution in [0.4, 0.5) is 4.79 Å². The second kappa shape index (κ2) is 7.67. The zero-order chi connectivity index (χ0) is 12.6. The van der Waals surface area contributed by atoms with Gasteiger partial charge in [0, 0.05) is 0 Å². The summed E-state index contributed by atoms with van der Waals surface area (Å²) in [6.07, 6.45) is 7.13. The van der Waals surface area contributed by atoms with Crippen LogP contribution in [-0.4, -0.2) is 42.1 Å². The van der Waals surface area contributed by atoms with Crippen molar-refractivity contribution in [1.29, 1.82) is 0 Å². The molecule has 0 aromatic heterocycles. The van der Waals surface area contributed by atoms with Gasteiger partial charge in [0.05, 0.1) is 19.7 Å². The average Bonchev–Trinajstić information content (AvgIpc) is 2.34. The Morgan fingerprint density at radius 3 is 2.47 bits per heavy atom. The Morgan fingerprint density at radius 1 is 1.18 bits per heavy atom. The molecule has 4 nitrogen and oxygen atoms in total. The summed E-state index contributed by atoms with van der Waals surface area (Å²) in [5.74, 6) is 0. The molecule has 0 aromatic rings. The Kier molecular flexibility index (Phi) is 6.52. The lowest BCUT2D eigenvalue weighted by Gasteiger charge is -2.35. The zero-order valence-corrected chi connectivity index (χ0v) is 11.0. The van der Waals surface area contributed by atoms with Crippen molar-refractivity contribution in [3.63, 3.8) is 0 Å². The smallest absolute Gasteiger partial charge is 0.435 e. The second-order valence-electron chi connectivity index (χ2n) is 5.03. The first kappa shape index (κ1) is 14.5. The molecule has 0 aliphatic carbocycles. The number of ether oxygens (including phenoxy) is 1. The van der Waals surface area contributed by atoms with Crippen molar-refractivity contribution in [3.8, 4) is 0 Å². The van der Waals surface area contributed by atoms with E-state index in [2.05, 4.69) is 6.92 Å². The minimum Gasteiger partial charge on any atom is -0.435 e. The number of amides is 1. The normalized spacial score (nSPS) is 19.1.